The molecule has 1 aliphatic rings. The molecule has 1 fully saturated rings. The molecule has 0 amide bonds. The van der Waals surface area contributed by atoms with Crippen molar-refractivity contribution in [3.05, 3.63) is 23.8 Å². The van der Waals surface area contributed by atoms with Gasteiger partial charge in [-0.25, -0.2) is 0 Å². The molecule has 0 aliphatic heterocycles. The highest BCUT2D eigenvalue weighted by molar-refractivity contribution is 5.85. The van der Waals surface area contributed by atoms with E-state index < -0.39 is 6.10 Å². The fraction of sp³-hybridized carbons (Fsp3) is 0.667. The van der Waals surface area contributed by atoms with Gasteiger partial charge in [0.25, 0.3) is 0 Å². The Morgan fingerprint density at radius 1 is 1.18 bits per heavy atom. The number of benzene rings is 1. The minimum atomic E-state index is -0.595. The minimum Gasteiger partial charge on any atom is -0.493 e. The molecule has 1 aromatic carbocycles. The highest BCUT2D eigenvalue weighted by Gasteiger charge is 2.35. The Morgan fingerprint density at radius 2 is 1.82 bits per heavy atom. The van der Waals surface area contributed by atoms with E-state index >= 15 is 0 Å². The molecule has 0 aromatic heterocycles. The average Bonchev–Trinajstić information content (AvgIpc) is 3.12. The Labute approximate surface area is 175 Å². The molecule has 28 heavy (non-hydrogen) atoms. The van der Waals surface area contributed by atoms with Crippen LogP contribution in [-0.2, 0) is 10.3 Å². The van der Waals surface area contributed by atoms with Gasteiger partial charge < -0.3 is 24.7 Å². The third-order valence-electron chi connectivity index (χ3n) is 4.96. The lowest BCUT2D eigenvalue weighted by Crippen LogP contribution is -2.42. The Kier molecular flexibility index (Phi) is 9.54. The van der Waals surface area contributed by atoms with Crippen LogP contribution in [0.5, 0.6) is 11.5 Å². The van der Waals surface area contributed by atoms with Gasteiger partial charge in [-0.15, -0.1) is 12.4 Å². The molecule has 0 spiro atoms. The van der Waals surface area contributed by atoms with Gasteiger partial charge in [0.2, 0.25) is 0 Å². The maximum Gasteiger partial charge on any atom is 0.161 e. The standard InChI is InChI=1S/C21H34N2O4.ClH/c1-20(2,3)22-13-17(24)14-27-23-15-21(10-6-7-11-21)16-8-9-18(25-4)19(12-16)26-5;/h8-9,12,15,17,22,24H,6-7,10-11,13-14H2,1-5H3;1H. The number of aliphatic hydroxyl groups excluding tert-OH is 1. The van der Waals surface area contributed by atoms with Gasteiger partial charge in [0, 0.05) is 17.5 Å². The lowest BCUT2D eigenvalue weighted by Gasteiger charge is -2.25. The first-order valence-corrected chi connectivity index (χ1v) is 9.62. The van der Waals surface area contributed by atoms with Gasteiger partial charge in [-0.1, -0.05) is 24.1 Å². The molecule has 1 unspecified atom stereocenters. The quantitative estimate of drug-likeness (QED) is 0.476. The monoisotopic (exact) mass is 414 g/mol. The molecule has 0 radical (unpaired) electrons. The number of rotatable bonds is 9. The third kappa shape index (κ3) is 6.83. The van der Waals surface area contributed by atoms with Gasteiger partial charge in [-0.05, 0) is 51.3 Å². The van der Waals surface area contributed by atoms with Crippen molar-refractivity contribution in [2.75, 3.05) is 27.4 Å². The van der Waals surface area contributed by atoms with Crippen LogP contribution >= 0.6 is 12.4 Å². The van der Waals surface area contributed by atoms with Gasteiger partial charge in [0.1, 0.15) is 12.7 Å². The number of oxime groups is 1. The second-order valence-electron chi connectivity index (χ2n) is 8.25. The maximum absolute atomic E-state index is 10.0. The number of hydrogen-bond donors (Lipinski definition) is 2. The number of ether oxygens (including phenoxy) is 2. The Balaban J connectivity index is 0.00000392. The molecule has 0 heterocycles. The van der Waals surface area contributed by atoms with Gasteiger partial charge >= 0.3 is 0 Å². The minimum absolute atomic E-state index is 0. The molecule has 160 valence electrons. The maximum atomic E-state index is 10.0. The van der Waals surface area contributed by atoms with Crippen LogP contribution in [0.25, 0.3) is 0 Å². The number of halogens is 1. The van der Waals surface area contributed by atoms with E-state index in [0.29, 0.717) is 6.54 Å². The van der Waals surface area contributed by atoms with Crippen LogP contribution in [0.3, 0.4) is 0 Å². The topological polar surface area (TPSA) is 72.3 Å². The van der Waals surface area contributed by atoms with Gasteiger partial charge in [0.15, 0.2) is 11.5 Å². The van der Waals surface area contributed by atoms with E-state index in [1.54, 1.807) is 14.2 Å². The van der Waals surface area contributed by atoms with Gasteiger partial charge in [0.05, 0.1) is 20.4 Å². The SMILES string of the molecule is COc1ccc(C2(C=NOCC(O)CNC(C)(C)C)CCCC2)cc1OC.Cl. The molecule has 7 heteroatoms. The molecule has 0 saturated heterocycles. The van der Waals surface area contributed by atoms with E-state index in [9.17, 15) is 5.11 Å². The fourth-order valence-electron chi connectivity index (χ4n) is 3.39. The molecule has 2 rings (SSSR count). The largest absolute Gasteiger partial charge is 0.493 e. The van der Waals surface area contributed by atoms with E-state index in [0.717, 1.165) is 42.7 Å². The zero-order valence-electron chi connectivity index (χ0n) is 17.7. The summed E-state index contributed by atoms with van der Waals surface area (Å²) in [7, 11) is 3.28. The van der Waals surface area contributed by atoms with Gasteiger partial charge in [-0.2, -0.15) is 0 Å². The lowest BCUT2D eigenvalue weighted by molar-refractivity contribution is 0.0372. The fourth-order valence-corrected chi connectivity index (χ4v) is 3.39. The summed E-state index contributed by atoms with van der Waals surface area (Å²) >= 11 is 0. The van der Waals surface area contributed by atoms with Crippen molar-refractivity contribution in [3.63, 3.8) is 0 Å². The van der Waals surface area contributed by atoms with E-state index in [1.165, 1.54) is 0 Å². The van der Waals surface area contributed by atoms with Crippen LogP contribution in [0.4, 0.5) is 0 Å². The van der Waals surface area contributed by atoms with Crippen molar-refractivity contribution < 1.29 is 19.4 Å². The van der Waals surface area contributed by atoms with Crippen molar-refractivity contribution in [3.8, 4) is 11.5 Å². The highest BCUT2D eigenvalue weighted by Crippen LogP contribution is 2.42. The summed E-state index contributed by atoms with van der Waals surface area (Å²) in [4.78, 5) is 5.39. The van der Waals surface area contributed by atoms with Crippen molar-refractivity contribution >= 4 is 18.6 Å². The van der Waals surface area contributed by atoms with E-state index in [4.69, 9.17) is 14.3 Å². The molecular weight excluding hydrogens is 380 g/mol. The first kappa shape index (κ1) is 24.5. The Bertz CT molecular complexity index is 625. The third-order valence-corrected chi connectivity index (χ3v) is 4.96. The summed E-state index contributed by atoms with van der Waals surface area (Å²) < 4.78 is 10.8. The number of nitrogens with one attached hydrogen (secondary N) is 1. The summed E-state index contributed by atoms with van der Waals surface area (Å²) in [6.07, 6.45) is 5.64. The van der Waals surface area contributed by atoms with Crippen molar-refractivity contribution in [1.82, 2.24) is 5.32 Å². The second kappa shape index (κ2) is 10.9. The first-order chi connectivity index (χ1) is 12.8. The predicted molar refractivity (Wildman–Crippen MR) is 115 cm³/mol. The van der Waals surface area contributed by atoms with Crippen LogP contribution in [0.1, 0.15) is 52.0 Å². The van der Waals surface area contributed by atoms with Gasteiger partial charge in [-0.3, -0.25) is 0 Å². The molecule has 1 aromatic rings. The zero-order chi connectivity index (χ0) is 19.9. The average molecular weight is 415 g/mol. The van der Waals surface area contributed by atoms with Crippen LogP contribution in [0.15, 0.2) is 23.4 Å². The molecule has 1 saturated carbocycles. The van der Waals surface area contributed by atoms with E-state index in [-0.39, 0.29) is 30.0 Å². The van der Waals surface area contributed by atoms with E-state index in [2.05, 4.69) is 37.3 Å². The number of β-amino-alcohol motifs (C(OH)–C–C–N with tert-alkyl or cyclic N) is 1. The summed E-state index contributed by atoms with van der Waals surface area (Å²) in [6, 6.07) is 6.03. The molecule has 6 nitrogen and oxygen atoms in total. The van der Waals surface area contributed by atoms with E-state index in [1.807, 2.05) is 18.3 Å². The number of hydrogen-bond acceptors (Lipinski definition) is 6. The number of methoxy groups -OCH3 is 2. The first-order valence-electron chi connectivity index (χ1n) is 9.62. The van der Waals surface area contributed by atoms with Crippen LogP contribution in [0.2, 0.25) is 0 Å². The van der Waals surface area contributed by atoms with Crippen LogP contribution < -0.4 is 14.8 Å². The summed E-state index contributed by atoms with van der Waals surface area (Å²) in [5.74, 6) is 1.44. The summed E-state index contributed by atoms with van der Waals surface area (Å²) in [6.45, 7) is 6.82. The molecule has 0 bridgehead atoms. The van der Waals surface area contributed by atoms with Crippen LogP contribution in [-0.4, -0.2) is 50.3 Å². The molecule has 1 atom stereocenters. The summed E-state index contributed by atoms with van der Waals surface area (Å²) in [5.41, 5.74) is 0.958. The second-order valence-corrected chi connectivity index (χ2v) is 8.25. The normalized spacial score (nSPS) is 17.2. The number of aliphatic hydroxyl groups is 1. The summed E-state index contributed by atoms with van der Waals surface area (Å²) in [5, 5.41) is 17.5. The smallest absolute Gasteiger partial charge is 0.161 e. The van der Waals surface area contributed by atoms with Crippen molar-refractivity contribution in [2.45, 2.75) is 63.5 Å². The Morgan fingerprint density at radius 3 is 2.39 bits per heavy atom. The van der Waals surface area contributed by atoms with Crippen molar-refractivity contribution in [2.24, 2.45) is 5.16 Å². The van der Waals surface area contributed by atoms with Crippen molar-refractivity contribution in [1.29, 1.82) is 0 Å². The lowest BCUT2D eigenvalue weighted by atomic mass is 9.80. The zero-order valence-corrected chi connectivity index (χ0v) is 18.5. The number of nitrogens with zero attached hydrogens (tertiary/aromatic N) is 1. The Hall–Kier alpha value is -1.50. The predicted octanol–water partition coefficient (Wildman–Crippen LogP) is 3.69. The molecule has 2 N–H and O–H groups in total. The molecule has 1 aliphatic carbocycles. The molecular formula is C21H35ClN2O4. The van der Waals surface area contributed by atoms with Crippen LogP contribution in [0, 0.1) is 0 Å². The highest BCUT2D eigenvalue weighted by atomic mass is 35.5.